The lowest BCUT2D eigenvalue weighted by Gasteiger charge is -2.35. The Hall–Kier alpha value is -1.17. The van der Waals surface area contributed by atoms with Gasteiger partial charge >= 0.3 is 0 Å². The fourth-order valence-electron chi connectivity index (χ4n) is 2.50. The van der Waals surface area contributed by atoms with Crippen molar-refractivity contribution in [1.29, 1.82) is 0 Å². The molecule has 5 heteroatoms. The third-order valence-corrected chi connectivity index (χ3v) is 3.79. The summed E-state index contributed by atoms with van der Waals surface area (Å²) in [5.74, 6) is 0.193. The average molecular weight is 296 g/mol. The lowest BCUT2D eigenvalue weighted by Crippen LogP contribution is -2.47. The summed E-state index contributed by atoms with van der Waals surface area (Å²) in [6.07, 6.45) is 0.00495. The number of hydrogen-bond acceptors (Lipinski definition) is 4. The van der Waals surface area contributed by atoms with Crippen LogP contribution in [-0.2, 0) is 4.74 Å². The standard InChI is InChI=1S/C16H25FN2O2/c1-11(2)19-6-7-20-14(9-19)10-21-16-8-13(17)4-5-15(16)12(3)18/h4-5,8,11-12,14H,6-7,9-10,18H2,1-3H3/t12-,14?/m1/s1. The molecule has 1 aliphatic rings. The van der Waals surface area contributed by atoms with E-state index in [1.54, 1.807) is 6.07 Å². The normalized spacial score (nSPS) is 21.5. The highest BCUT2D eigenvalue weighted by molar-refractivity contribution is 5.36. The van der Waals surface area contributed by atoms with Gasteiger partial charge in [0.05, 0.1) is 6.61 Å². The zero-order chi connectivity index (χ0) is 15.4. The average Bonchev–Trinajstić information content (AvgIpc) is 2.45. The first-order valence-corrected chi connectivity index (χ1v) is 7.51. The van der Waals surface area contributed by atoms with Gasteiger partial charge < -0.3 is 15.2 Å². The lowest BCUT2D eigenvalue weighted by molar-refractivity contribution is -0.0566. The van der Waals surface area contributed by atoms with Crippen molar-refractivity contribution >= 4 is 0 Å². The molecule has 0 radical (unpaired) electrons. The van der Waals surface area contributed by atoms with Crippen molar-refractivity contribution < 1.29 is 13.9 Å². The number of halogens is 1. The van der Waals surface area contributed by atoms with E-state index in [9.17, 15) is 4.39 Å². The molecule has 2 rings (SSSR count). The molecular weight excluding hydrogens is 271 g/mol. The first-order valence-electron chi connectivity index (χ1n) is 7.51. The number of ether oxygens (including phenoxy) is 2. The molecule has 0 bridgehead atoms. The van der Waals surface area contributed by atoms with Gasteiger partial charge in [0, 0.05) is 36.8 Å². The highest BCUT2D eigenvalue weighted by atomic mass is 19.1. The minimum absolute atomic E-state index is 0.00495. The molecule has 1 fully saturated rings. The van der Waals surface area contributed by atoms with Crippen molar-refractivity contribution in [3.63, 3.8) is 0 Å². The van der Waals surface area contributed by atoms with Crippen LogP contribution in [0.1, 0.15) is 32.4 Å². The SMILES string of the molecule is CC(C)N1CCOC(COc2cc(F)ccc2[C@@H](C)N)C1. The summed E-state index contributed by atoms with van der Waals surface area (Å²) in [6, 6.07) is 4.77. The fourth-order valence-corrected chi connectivity index (χ4v) is 2.50. The van der Waals surface area contributed by atoms with Gasteiger partial charge in [-0.2, -0.15) is 0 Å². The van der Waals surface area contributed by atoms with E-state index in [0.717, 1.165) is 18.7 Å². The van der Waals surface area contributed by atoms with Crippen LogP contribution in [0, 0.1) is 5.82 Å². The van der Waals surface area contributed by atoms with Gasteiger partial charge in [0.1, 0.15) is 24.3 Å². The summed E-state index contributed by atoms with van der Waals surface area (Å²) in [5, 5.41) is 0. The Kier molecular flexibility index (Phi) is 5.56. The van der Waals surface area contributed by atoms with Gasteiger partial charge in [-0.05, 0) is 26.8 Å². The first kappa shape index (κ1) is 16.2. The molecule has 1 saturated heterocycles. The molecule has 2 N–H and O–H groups in total. The van der Waals surface area contributed by atoms with E-state index >= 15 is 0 Å². The summed E-state index contributed by atoms with van der Waals surface area (Å²) >= 11 is 0. The molecule has 21 heavy (non-hydrogen) atoms. The van der Waals surface area contributed by atoms with E-state index in [4.69, 9.17) is 15.2 Å². The number of nitrogens with zero attached hydrogens (tertiary/aromatic N) is 1. The predicted octanol–water partition coefficient (Wildman–Crippen LogP) is 2.33. The molecule has 0 aliphatic carbocycles. The van der Waals surface area contributed by atoms with Crippen molar-refractivity contribution in [1.82, 2.24) is 4.90 Å². The Balaban J connectivity index is 1.98. The highest BCUT2D eigenvalue weighted by Crippen LogP contribution is 2.25. The monoisotopic (exact) mass is 296 g/mol. The van der Waals surface area contributed by atoms with Crippen LogP contribution in [-0.4, -0.2) is 43.3 Å². The summed E-state index contributed by atoms with van der Waals surface area (Å²) in [4.78, 5) is 2.36. The molecule has 0 amide bonds. The van der Waals surface area contributed by atoms with Crippen molar-refractivity contribution in [2.45, 2.75) is 39.0 Å². The molecule has 118 valence electrons. The summed E-state index contributed by atoms with van der Waals surface area (Å²) in [7, 11) is 0. The van der Waals surface area contributed by atoms with Crippen LogP contribution in [0.25, 0.3) is 0 Å². The second-order valence-corrected chi connectivity index (χ2v) is 5.86. The predicted molar refractivity (Wildman–Crippen MR) is 80.9 cm³/mol. The van der Waals surface area contributed by atoms with E-state index in [2.05, 4.69) is 18.7 Å². The smallest absolute Gasteiger partial charge is 0.127 e. The second-order valence-electron chi connectivity index (χ2n) is 5.86. The van der Waals surface area contributed by atoms with E-state index in [-0.39, 0.29) is 18.0 Å². The molecule has 4 nitrogen and oxygen atoms in total. The van der Waals surface area contributed by atoms with Crippen LogP contribution >= 0.6 is 0 Å². The Morgan fingerprint density at radius 1 is 1.43 bits per heavy atom. The first-order chi connectivity index (χ1) is 9.97. The summed E-state index contributed by atoms with van der Waals surface area (Å²) < 4.78 is 24.9. The molecule has 2 atom stereocenters. The zero-order valence-corrected chi connectivity index (χ0v) is 13.0. The molecule has 1 aromatic carbocycles. The van der Waals surface area contributed by atoms with E-state index in [1.807, 2.05) is 6.92 Å². The third-order valence-electron chi connectivity index (χ3n) is 3.79. The van der Waals surface area contributed by atoms with Gasteiger partial charge in [-0.3, -0.25) is 4.90 Å². The molecule has 0 saturated carbocycles. The lowest BCUT2D eigenvalue weighted by atomic mass is 10.1. The summed E-state index contributed by atoms with van der Waals surface area (Å²) in [6.45, 7) is 9.09. The van der Waals surface area contributed by atoms with E-state index < -0.39 is 0 Å². The van der Waals surface area contributed by atoms with Gasteiger partial charge in [-0.25, -0.2) is 4.39 Å². The minimum atomic E-state index is -0.317. The zero-order valence-electron chi connectivity index (χ0n) is 13.0. The van der Waals surface area contributed by atoms with Crippen LogP contribution in [0.3, 0.4) is 0 Å². The van der Waals surface area contributed by atoms with Gasteiger partial charge in [0.25, 0.3) is 0 Å². The number of benzene rings is 1. The van der Waals surface area contributed by atoms with Gasteiger partial charge in [-0.15, -0.1) is 0 Å². The topological polar surface area (TPSA) is 47.7 Å². The second kappa shape index (κ2) is 7.20. The van der Waals surface area contributed by atoms with Crippen molar-refractivity contribution in [2.75, 3.05) is 26.3 Å². The van der Waals surface area contributed by atoms with Crippen LogP contribution in [0.5, 0.6) is 5.75 Å². The molecule has 1 aromatic rings. The van der Waals surface area contributed by atoms with Gasteiger partial charge in [0.15, 0.2) is 0 Å². The number of hydrogen-bond donors (Lipinski definition) is 1. The number of morpholine rings is 1. The third kappa shape index (κ3) is 4.40. The Labute approximate surface area is 126 Å². The van der Waals surface area contributed by atoms with Crippen molar-refractivity contribution in [3.05, 3.63) is 29.6 Å². The molecule has 1 unspecified atom stereocenters. The van der Waals surface area contributed by atoms with Gasteiger partial charge in [0.2, 0.25) is 0 Å². The van der Waals surface area contributed by atoms with Crippen molar-refractivity contribution in [2.24, 2.45) is 5.73 Å². The Bertz CT molecular complexity index is 466. The molecule has 1 heterocycles. The van der Waals surface area contributed by atoms with Crippen molar-refractivity contribution in [3.8, 4) is 5.75 Å². The number of rotatable bonds is 5. The van der Waals surface area contributed by atoms with Crippen LogP contribution in [0.15, 0.2) is 18.2 Å². The molecule has 1 aliphatic heterocycles. The van der Waals surface area contributed by atoms with Crippen LogP contribution < -0.4 is 10.5 Å². The molecule has 0 aromatic heterocycles. The maximum Gasteiger partial charge on any atom is 0.127 e. The Morgan fingerprint density at radius 3 is 2.86 bits per heavy atom. The largest absolute Gasteiger partial charge is 0.490 e. The maximum atomic E-state index is 13.4. The maximum absolute atomic E-state index is 13.4. The van der Waals surface area contributed by atoms with E-state index in [0.29, 0.717) is 25.0 Å². The number of nitrogens with two attached hydrogens (primary N) is 1. The fraction of sp³-hybridized carbons (Fsp3) is 0.625. The quantitative estimate of drug-likeness (QED) is 0.906. The van der Waals surface area contributed by atoms with Crippen LogP contribution in [0.2, 0.25) is 0 Å². The Morgan fingerprint density at radius 2 is 2.19 bits per heavy atom. The van der Waals surface area contributed by atoms with E-state index in [1.165, 1.54) is 12.1 Å². The van der Waals surface area contributed by atoms with Gasteiger partial charge in [-0.1, -0.05) is 6.07 Å². The highest BCUT2D eigenvalue weighted by Gasteiger charge is 2.23. The molecule has 0 spiro atoms. The van der Waals surface area contributed by atoms with Crippen LogP contribution in [0.4, 0.5) is 4.39 Å². The minimum Gasteiger partial charge on any atom is -0.490 e. The summed E-state index contributed by atoms with van der Waals surface area (Å²) in [5.41, 5.74) is 6.71. The molecular formula is C16H25FN2O2.